The van der Waals surface area contributed by atoms with Gasteiger partial charge in [-0.25, -0.2) is 8.42 Å². The third kappa shape index (κ3) is 5.19. The Morgan fingerprint density at radius 2 is 1.55 bits per heavy atom. The van der Waals surface area contributed by atoms with E-state index in [4.69, 9.17) is 9.47 Å². The van der Waals surface area contributed by atoms with Gasteiger partial charge in [-0.3, -0.25) is 25.2 Å². The van der Waals surface area contributed by atoms with E-state index in [9.17, 15) is 22.8 Å². The first-order chi connectivity index (χ1) is 14.7. The van der Waals surface area contributed by atoms with E-state index < -0.39 is 28.4 Å². The van der Waals surface area contributed by atoms with Crippen LogP contribution in [0.4, 0.5) is 0 Å². The summed E-state index contributed by atoms with van der Waals surface area (Å²) in [5, 5.41) is 0. The summed E-state index contributed by atoms with van der Waals surface area (Å²) in [5.41, 5.74) is 5.01. The highest BCUT2D eigenvalue weighted by Crippen LogP contribution is 2.30. The average molecular weight is 447 g/mol. The molecule has 0 atom stereocenters. The molecular weight excluding hydrogens is 426 g/mol. The van der Waals surface area contributed by atoms with Gasteiger partial charge in [0.25, 0.3) is 11.8 Å². The van der Waals surface area contributed by atoms with Gasteiger partial charge in [-0.15, -0.1) is 0 Å². The second-order valence-electron chi connectivity index (χ2n) is 6.70. The number of rotatable bonds is 6. The third-order valence-corrected chi connectivity index (χ3v) is 6.27. The summed E-state index contributed by atoms with van der Waals surface area (Å²) in [7, 11) is -2.73. The molecule has 3 rings (SSSR count). The average Bonchev–Trinajstić information content (AvgIpc) is 2.77. The minimum absolute atomic E-state index is 0.0619. The summed E-state index contributed by atoms with van der Waals surface area (Å²) in [5.74, 6) is -0.583. The van der Waals surface area contributed by atoms with Crippen molar-refractivity contribution in [2.75, 3.05) is 26.8 Å². The number of nitrogens with one attached hydrogen (secondary N) is 2. The first-order valence-electron chi connectivity index (χ1n) is 9.24. The lowest BCUT2D eigenvalue weighted by molar-refractivity contribution is -0.121. The predicted molar refractivity (Wildman–Crippen MR) is 109 cm³/mol. The van der Waals surface area contributed by atoms with Crippen molar-refractivity contribution in [2.45, 2.75) is 11.8 Å². The van der Waals surface area contributed by atoms with E-state index in [-0.39, 0.29) is 16.2 Å². The van der Waals surface area contributed by atoms with Gasteiger partial charge in [-0.2, -0.15) is 4.31 Å². The molecule has 1 aliphatic rings. The normalized spacial score (nSPS) is 12.9. The Balaban J connectivity index is 1.57. The minimum atomic E-state index is -3.96. The lowest BCUT2D eigenvalue weighted by Gasteiger charge is -2.19. The zero-order valence-electron chi connectivity index (χ0n) is 16.9. The lowest BCUT2D eigenvalue weighted by Crippen LogP contribution is -2.46. The molecule has 31 heavy (non-hydrogen) atoms. The molecule has 0 saturated heterocycles. The van der Waals surface area contributed by atoms with E-state index in [1.165, 1.54) is 50.4 Å². The summed E-state index contributed by atoms with van der Waals surface area (Å²) in [4.78, 5) is 35.6. The van der Waals surface area contributed by atoms with Gasteiger partial charge < -0.3 is 9.47 Å². The maximum absolute atomic E-state index is 12.6. The topological polar surface area (TPSA) is 131 Å². The maximum atomic E-state index is 12.6. The van der Waals surface area contributed by atoms with Crippen LogP contribution in [0, 0.1) is 0 Å². The van der Waals surface area contributed by atoms with E-state index in [0.29, 0.717) is 30.3 Å². The summed E-state index contributed by atoms with van der Waals surface area (Å²) in [6.07, 6.45) is 0. The van der Waals surface area contributed by atoms with Gasteiger partial charge in [0.15, 0.2) is 17.3 Å². The van der Waals surface area contributed by atoms with Crippen molar-refractivity contribution in [3.8, 4) is 11.5 Å². The van der Waals surface area contributed by atoms with E-state index in [2.05, 4.69) is 10.9 Å². The van der Waals surface area contributed by atoms with Gasteiger partial charge in [0.2, 0.25) is 10.0 Å². The largest absolute Gasteiger partial charge is 0.486 e. The van der Waals surface area contributed by atoms with Crippen molar-refractivity contribution in [1.82, 2.24) is 15.2 Å². The second-order valence-corrected chi connectivity index (χ2v) is 8.75. The zero-order valence-corrected chi connectivity index (χ0v) is 17.7. The highest BCUT2D eigenvalue weighted by atomic mass is 32.2. The predicted octanol–water partition coefficient (Wildman–Crippen LogP) is 0.742. The van der Waals surface area contributed by atoms with Crippen molar-refractivity contribution in [3.05, 3.63) is 53.6 Å². The van der Waals surface area contributed by atoms with Gasteiger partial charge in [0.05, 0.1) is 11.4 Å². The van der Waals surface area contributed by atoms with Gasteiger partial charge in [-0.1, -0.05) is 12.1 Å². The van der Waals surface area contributed by atoms with Crippen LogP contribution in [0.25, 0.3) is 0 Å². The van der Waals surface area contributed by atoms with Crippen LogP contribution in [-0.4, -0.2) is 57.1 Å². The van der Waals surface area contributed by atoms with Crippen LogP contribution in [-0.2, 0) is 14.8 Å². The van der Waals surface area contributed by atoms with Crippen LogP contribution in [0.1, 0.15) is 27.6 Å². The maximum Gasteiger partial charge on any atom is 0.269 e. The first-order valence-corrected chi connectivity index (χ1v) is 10.7. The number of hydrazine groups is 1. The number of amides is 2. The van der Waals surface area contributed by atoms with E-state index in [0.717, 1.165) is 4.31 Å². The van der Waals surface area contributed by atoms with Crippen LogP contribution in [0.2, 0.25) is 0 Å². The van der Waals surface area contributed by atoms with Crippen molar-refractivity contribution < 1.29 is 32.3 Å². The number of carbonyl (C=O) groups is 3. The number of carbonyl (C=O) groups excluding carboxylic acids is 3. The van der Waals surface area contributed by atoms with Gasteiger partial charge in [-0.05, 0) is 37.3 Å². The Kier molecular flexibility index (Phi) is 6.56. The monoisotopic (exact) mass is 447 g/mol. The number of nitrogens with zero attached hydrogens (tertiary/aromatic N) is 1. The van der Waals surface area contributed by atoms with Crippen LogP contribution in [0.15, 0.2) is 47.4 Å². The van der Waals surface area contributed by atoms with Crippen molar-refractivity contribution in [3.63, 3.8) is 0 Å². The van der Waals surface area contributed by atoms with Crippen LogP contribution < -0.4 is 20.3 Å². The second kappa shape index (κ2) is 9.14. The number of Topliss-reactive ketones (excluding diaryl/α,β-unsaturated/α-hetero) is 1. The Bertz CT molecular complexity index is 1110. The number of ketones is 1. The number of likely N-dealkylation sites (N-methyl/N-ethyl adjacent to an activating group) is 1. The molecule has 0 radical (unpaired) electrons. The molecule has 1 aliphatic heterocycles. The number of sulfonamides is 1. The molecule has 2 N–H and O–H groups in total. The molecule has 11 heteroatoms. The fourth-order valence-corrected chi connectivity index (χ4v) is 3.88. The van der Waals surface area contributed by atoms with Crippen molar-refractivity contribution in [1.29, 1.82) is 0 Å². The number of benzene rings is 2. The third-order valence-electron chi connectivity index (χ3n) is 4.46. The number of ether oxygens (including phenoxy) is 2. The molecule has 2 aromatic carbocycles. The summed E-state index contributed by atoms with van der Waals surface area (Å²) >= 11 is 0. The Morgan fingerprint density at radius 3 is 2.19 bits per heavy atom. The number of hydrogen-bond donors (Lipinski definition) is 2. The lowest BCUT2D eigenvalue weighted by atomic mass is 10.2. The molecule has 2 amide bonds. The first kappa shape index (κ1) is 22.2. The molecule has 0 spiro atoms. The standard InChI is InChI=1S/C20H21N3O7S/c1-13(24)14-3-6-16(7-4-14)31(27,28)23(2)12-19(25)21-22-20(26)15-5-8-17-18(11-15)30-10-9-29-17/h3-8,11H,9-10,12H2,1-2H3,(H,21,25)(H,22,26). The van der Waals surface area contributed by atoms with Crippen LogP contribution in [0.5, 0.6) is 11.5 Å². The summed E-state index contributed by atoms with van der Waals surface area (Å²) in [6.45, 7) is 1.64. The molecule has 0 saturated carbocycles. The van der Waals surface area contributed by atoms with E-state index in [1.807, 2.05) is 0 Å². The molecule has 10 nitrogen and oxygen atoms in total. The quantitative estimate of drug-likeness (QED) is 0.493. The highest BCUT2D eigenvalue weighted by Gasteiger charge is 2.23. The SMILES string of the molecule is CC(=O)c1ccc(S(=O)(=O)N(C)CC(=O)NNC(=O)c2ccc3c(c2)OCCO3)cc1. The number of fused-ring (bicyclic) bond motifs is 1. The minimum Gasteiger partial charge on any atom is -0.486 e. The summed E-state index contributed by atoms with van der Waals surface area (Å²) in [6, 6.07) is 9.97. The molecule has 0 aromatic heterocycles. The fourth-order valence-electron chi connectivity index (χ4n) is 2.75. The molecule has 0 aliphatic carbocycles. The Labute approximate surface area is 179 Å². The van der Waals surface area contributed by atoms with E-state index in [1.54, 1.807) is 6.07 Å². The molecule has 1 heterocycles. The van der Waals surface area contributed by atoms with Crippen molar-refractivity contribution >= 4 is 27.6 Å². The van der Waals surface area contributed by atoms with Crippen LogP contribution in [0.3, 0.4) is 0 Å². The fraction of sp³-hybridized carbons (Fsp3) is 0.250. The van der Waals surface area contributed by atoms with Gasteiger partial charge >= 0.3 is 0 Å². The van der Waals surface area contributed by atoms with Crippen LogP contribution >= 0.6 is 0 Å². The summed E-state index contributed by atoms with van der Waals surface area (Å²) < 4.78 is 36.8. The molecular formula is C20H21N3O7S. The molecule has 0 bridgehead atoms. The Morgan fingerprint density at radius 1 is 0.935 bits per heavy atom. The molecule has 2 aromatic rings. The zero-order chi connectivity index (χ0) is 22.6. The number of hydrogen-bond acceptors (Lipinski definition) is 7. The van der Waals surface area contributed by atoms with E-state index >= 15 is 0 Å². The Hall–Kier alpha value is -3.44. The van der Waals surface area contributed by atoms with Crippen molar-refractivity contribution in [2.24, 2.45) is 0 Å². The highest BCUT2D eigenvalue weighted by molar-refractivity contribution is 7.89. The molecule has 0 unspecified atom stereocenters. The smallest absolute Gasteiger partial charge is 0.269 e. The molecule has 0 fully saturated rings. The van der Waals surface area contributed by atoms with Gasteiger partial charge in [0, 0.05) is 18.2 Å². The molecule has 164 valence electrons. The van der Waals surface area contributed by atoms with Gasteiger partial charge in [0.1, 0.15) is 13.2 Å².